The van der Waals surface area contributed by atoms with Crippen LogP contribution >= 0.6 is 0 Å². The van der Waals surface area contributed by atoms with Crippen molar-refractivity contribution in [2.45, 2.75) is 45.3 Å². The Hall–Kier alpha value is -2.77. The molecule has 0 aliphatic heterocycles. The minimum atomic E-state index is -0.103. The minimum absolute atomic E-state index is 0.103. The topological polar surface area (TPSA) is 81.7 Å². The number of pyridine rings is 1. The van der Waals surface area contributed by atoms with Crippen LogP contribution in [0.2, 0.25) is 0 Å². The average molecular weight is 339 g/mol. The third-order valence-corrected chi connectivity index (χ3v) is 4.53. The summed E-state index contributed by atoms with van der Waals surface area (Å²) in [5.74, 6) is 0.659. The zero-order valence-corrected chi connectivity index (χ0v) is 14.6. The van der Waals surface area contributed by atoms with Crippen molar-refractivity contribution in [3.05, 3.63) is 36.3 Å². The van der Waals surface area contributed by atoms with Gasteiger partial charge in [-0.3, -0.25) is 4.79 Å². The summed E-state index contributed by atoms with van der Waals surface area (Å²) in [6, 6.07) is 2.58. The molecule has 4 rings (SSSR count). The molecule has 1 fully saturated rings. The first-order valence-electron chi connectivity index (χ1n) is 8.51. The molecule has 8 nitrogen and oxygen atoms in total. The van der Waals surface area contributed by atoms with E-state index in [1.54, 1.807) is 24.5 Å². The molecule has 0 aromatic carbocycles. The first kappa shape index (κ1) is 15.7. The van der Waals surface area contributed by atoms with Crippen LogP contribution in [0.1, 0.15) is 55.0 Å². The minimum Gasteiger partial charge on any atom is -0.334 e. The Morgan fingerprint density at radius 3 is 2.84 bits per heavy atom. The highest BCUT2D eigenvalue weighted by atomic mass is 16.2. The summed E-state index contributed by atoms with van der Waals surface area (Å²) in [7, 11) is 1.76. The van der Waals surface area contributed by atoms with E-state index in [1.807, 2.05) is 17.0 Å². The zero-order chi connectivity index (χ0) is 17.6. The molecular weight excluding hydrogens is 318 g/mol. The normalized spacial score (nSPS) is 14.4. The van der Waals surface area contributed by atoms with Crippen LogP contribution in [0, 0.1) is 0 Å². The summed E-state index contributed by atoms with van der Waals surface area (Å²) in [5, 5.41) is 8.07. The highest BCUT2D eigenvalue weighted by molar-refractivity contribution is 5.96. The first-order chi connectivity index (χ1) is 12.0. The van der Waals surface area contributed by atoms with E-state index in [-0.39, 0.29) is 11.9 Å². The summed E-state index contributed by atoms with van der Waals surface area (Å²) in [6.45, 7) is 4.51. The summed E-state index contributed by atoms with van der Waals surface area (Å²) < 4.78 is 4.06. The summed E-state index contributed by atoms with van der Waals surface area (Å²) in [4.78, 5) is 23.2. The number of carbonyl (C=O) groups is 1. The van der Waals surface area contributed by atoms with Crippen LogP contribution in [-0.4, -0.2) is 47.2 Å². The van der Waals surface area contributed by atoms with Gasteiger partial charge in [0.2, 0.25) is 0 Å². The number of hydrogen-bond donors (Lipinski definition) is 0. The second kappa shape index (κ2) is 5.94. The Labute approximate surface area is 145 Å². The SMILES string of the molecule is CC(C)n1cnnc1CN(C)C(=O)c1cnc2c(c1)ncn2C1CC1. The van der Waals surface area contributed by atoms with Gasteiger partial charge in [0.1, 0.15) is 11.8 Å². The second-order valence-electron chi connectivity index (χ2n) is 6.86. The molecule has 0 saturated heterocycles. The largest absolute Gasteiger partial charge is 0.334 e. The molecule has 0 radical (unpaired) electrons. The standard InChI is InChI=1S/C17H21N7O/c1-11(2)23-10-20-21-15(23)8-22(3)17(25)12-6-14-16(18-7-12)24(9-19-14)13-4-5-13/h6-7,9-11,13H,4-5,8H2,1-3H3. The number of amides is 1. The Morgan fingerprint density at radius 2 is 2.12 bits per heavy atom. The Morgan fingerprint density at radius 1 is 1.32 bits per heavy atom. The number of nitrogens with zero attached hydrogens (tertiary/aromatic N) is 7. The van der Waals surface area contributed by atoms with Crippen molar-refractivity contribution in [2.75, 3.05) is 7.05 Å². The lowest BCUT2D eigenvalue weighted by molar-refractivity contribution is 0.0779. The van der Waals surface area contributed by atoms with Crippen molar-refractivity contribution in [3.63, 3.8) is 0 Å². The molecule has 1 saturated carbocycles. The van der Waals surface area contributed by atoms with Crippen LogP contribution in [0.15, 0.2) is 24.9 Å². The number of imidazole rings is 1. The molecule has 0 spiro atoms. The van der Waals surface area contributed by atoms with Crippen molar-refractivity contribution in [1.29, 1.82) is 0 Å². The molecule has 130 valence electrons. The molecule has 0 unspecified atom stereocenters. The summed E-state index contributed by atoms with van der Waals surface area (Å²) in [6.07, 6.45) is 7.49. The molecule has 0 bridgehead atoms. The van der Waals surface area contributed by atoms with E-state index in [9.17, 15) is 4.79 Å². The van der Waals surface area contributed by atoms with E-state index < -0.39 is 0 Å². The van der Waals surface area contributed by atoms with Gasteiger partial charge in [-0.15, -0.1) is 10.2 Å². The van der Waals surface area contributed by atoms with E-state index in [4.69, 9.17) is 0 Å². The highest BCUT2D eigenvalue weighted by Gasteiger charge is 2.26. The van der Waals surface area contributed by atoms with Gasteiger partial charge >= 0.3 is 0 Å². The van der Waals surface area contributed by atoms with Gasteiger partial charge in [-0.2, -0.15) is 0 Å². The maximum atomic E-state index is 12.7. The van der Waals surface area contributed by atoms with E-state index in [2.05, 4.69) is 38.6 Å². The van der Waals surface area contributed by atoms with Crippen molar-refractivity contribution in [2.24, 2.45) is 0 Å². The van der Waals surface area contributed by atoms with Gasteiger partial charge in [0.05, 0.1) is 18.4 Å². The van der Waals surface area contributed by atoms with E-state index in [0.29, 0.717) is 18.2 Å². The molecule has 0 atom stereocenters. The first-order valence-corrected chi connectivity index (χ1v) is 8.51. The monoisotopic (exact) mass is 339 g/mol. The number of rotatable bonds is 5. The van der Waals surface area contributed by atoms with Gasteiger partial charge in [-0.25, -0.2) is 9.97 Å². The molecule has 1 amide bonds. The predicted octanol–water partition coefficient (Wildman–Crippen LogP) is 2.21. The predicted molar refractivity (Wildman–Crippen MR) is 92.0 cm³/mol. The Balaban J connectivity index is 1.55. The number of hydrogen-bond acceptors (Lipinski definition) is 5. The molecular formula is C17H21N7O. The number of carbonyl (C=O) groups excluding carboxylic acids is 1. The van der Waals surface area contributed by atoms with Crippen molar-refractivity contribution < 1.29 is 4.79 Å². The molecule has 8 heteroatoms. The fourth-order valence-corrected chi connectivity index (χ4v) is 2.97. The molecule has 3 aromatic heterocycles. The summed E-state index contributed by atoms with van der Waals surface area (Å²) >= 11 is 0. The number of aromatic nitrogens is 6. The second-order valence-corrected chi connectivity index (χ2v) is 6.86. The quantitative estimate of drug-likeness (QED) is 0.712. The lowest BCUT2D eigenvalue weighted by Crippen LogP contribution is -2.28. The lowest BCUT2D eigenvalue weighted by Gasteiger charge is -2.18. The molecule has 0 N–H and O–H groups in total. The fraction of sp³-hybridized carbons (Fsp3) is 0.471. The zero-order valence-electron chi connectivity index (χ0n) is 14.6. The van der Waals surface area contributed by atoms with Gasteiger partial charge in [0.15, 0.2) is 11.5 Å². The molecule has 3 heterocycles. The van der Waals surface area contributed by atoms with Crippen LogP contribution in [0.4, 0.5) is 0 Å². The Kier molecular flexibility index (Phi) is 3.74. The lowest BCUT2D eigenvalue weighted by atomic mass is 10.2. The van der Waals surface area contributed by atoms with Crippen LogP contribution in [0.3, 0.4) is 0 Å². The molecule has 3 aromatic rings. The van der Waals surface area contributed by atoms with Crippen LogP contribution in [0.25, 0.3) is 11.2 Å². The van der Waals surface area contributed by atoms with E-state index in [1.165, 1.54) is 12.8 Å². The van der Waals surface area contributed by atoms with Crippen molar-refractivity contribution in [3.8, 4) is 0 Å². The Bertz CT molecular complexity index is 922. The van der Waals surface area contributed by atoms with Gasteiger partial charge in [0.25, 0.3) is 5.91 Å². The molecule has 1 aliphatic rings. The van der Waals surface area contributed by atoms with E-state index in [0.717, 1.165) is 17.0 Å². The van der Waals surface area contributed by atoms with Gasteiger partial charge in [0, 0.05) is 25.3 Å². The smallest absolute Gasteiger partial charge is 0.255 e. The maximum absolute atomic E-state index is 12.7. The van der Waals surface area contributed by atoms with Crippen molar-refractivity contribution in [1.82, 2.24) is 34.2 Å². The third-order valence-electron chi connectivity index (χ3n) is 4.53. The fourth-order valence-electron chi connectivity index (χ4n) is 2.97. The van der Waals surface area contributed by atoms with Crippen LogP contribution in [0.5, 0.6) is 0 Å². The van der Waals surface area contributed by atoms with Gasteiger partial charge in [-0.05, 0) is 32.8 Å². The molecule has 1 aliphatic carbocycles. The van der Waals surface area contributed by atoms with Gasteiger partial charge < -0.3 is 14.0 Å². The van der Waals surface area contributed by atoms with Crippen molar-refractivity contribution >= 4 is 17.1 Å². The average Bonchev–Trinajstić information content (AvgIpc) is 3.18. The molecule has 25 heavy (non-hydrogen) atoms. The van der Waals surface area contributed by atoms with E-state index >= 15 is 0 Å². The van der Waals surface area contributed by atoms with Crippen LogP contribution in [-0.2, 0) is 6.54 Å². The highest BCUT2D eigenvalue weighted by Crippen LogP contribution is 2.36. The van der Waals surface area contributed by atoms with Gasteiger partial charge in [-0.1, -0.05) is 0 Å². The number of fused-ring (bicyclic) bond motifs is 1. The third kappa shape index (κ3) is 2.88. The van der Waals surface area contributed by atoms with Crippen LogP contribution < -0.4 is 0 Å². The summed E-state index contributed by atoms with van der Waals surface area (Å²) in [5.41, 5.74) is 2.14. The maximum Gasteiger partial charge on any atom is 0.255 e.